The molecule has 1 aliphatic rings. The molecule has 1 aromatic carbocycles. The van der Waals surface area contributed by atoms with E-state index in [2.05, 4.69) is 20.8 Å². The summed E-state index contributed by atoms with van der Waals surface area (Å²) in [6.07, 6.45) is 1.75. The Morgan fingerprint density at radius 1 is 1.47 bits per heavy atom. The van der Waals surface area contributed by atoms with Crippen molar-refractivity contribution in [3.05, 3.63) is 29.5 Å². The van der Waals surface area contributed by atoms with Crippen LogP contribution in [0, 0.1) is 12.8 Å². The topological polar surface area (TPSA) is 69.8 Å². The number of benzene rings is 1. The van der Waals surface area contributed by atoms with Gasteiger partial charge in [0, 0.05) is 30.9 Å². The Hall–Kier alpha value is -1.59. The number of H-pyrrole nitrogens is 1. The third kappa shape index (κ3) is 2.72. The van der Waals surface area contributed by atoms with Crippen molar-refractivity contribution in [3.8, 4) is 0 Å². The normalized spacial score (nSPS) is 14.8. The molecule has 19 heavy (non-hydrogen) atoms. The lowest BCUT2D eigenvalue weighted by molar-refractivity contribution is 0.0943. The van der Waals surface area contributed by atoms with Gasteiger partial charge in [-0.1, -0.05) is 0 Å². The van der Waals surface area contributed by atoms with Crippen molar-refractivity contribution < 1.29 is 4.79 Å². The second kappa shape index (κ2) is 5.59. The minimum Gasteiger partial charge on any atom is -0.352 e. The molecule has 0 unspecified atom stereocenters. The number of halogens is 1. The number of aryl methyl sites for hydroxylation is 1. The molecule has 0 bridgehead atoms. The van der Waals surface area contributed by atoms with E-state index in [1.807, 2.05) is 19.1 Å². The second-order valence-electron chi connectivity index (χ2n) is 4.88. The number of hydrogen-bond acceptors (Lipinski definition) is 3. The first-order valence-corrected chi connectivity index (χ1v) is 6.16. The summed E-state index contributed by atoms with van der Waals surface area (Å²) in [5.74, 6) is 0.538. The van der Waals surface area contributed by atoms with Gasteiger partial charge in [0.1, 0.15) is 0 Å². The van der Waals surface area contributed by atoms with E-state index in [1.54, 1.807) is 6.20 Å². The zero-order chi connectivity index (χ0) is 12.5. The molecule has 1 aliphatic heterocycles. The molecule has 0 radical (unpaired) electrons. The summed E-state index contributed by atoms with van der Waals surface area (Å²) in [7, 11) is 0. The maximum atomic E-state index is 12.2. The molecule has 0 spiro atoms. The van der Waals surface area contributed by atoms with E-state index in [0.29, 0.717) is 11.5 Å². The Balaban J connectivity index is 0.00000133. The van der Waals surface area contributed by atoms with Gasteiger partial charge < -0.3 is 10.6 Å². The van der Waals surface area contributed by atoms with Crippen LogP contribution in [0.15, 0.2) is 18.3 Å². The van der Waals surface area contributed by atoms with Crippen LogP contribution < -0.4 is 10.6 Å². The highest BCUT2D eigenvalue weighted by Gasteiger charge is 2.18. The van der Waals surface area contributed by atoms with Gasteiger partial charge in [-0.05, 0) is 24.6 Å². The number of carbonyl (C=O) groups is 1. The van der Waals surface area contributed by atoms with Crippen molar-refractivity contribution in [1.29, 1.82) is 0 Å². The van der Waals surface area contributed by atoms with Crippen LogP contribution in [-0.4, -0.2) is 35.7 Å². The van der Waals surface area contributed by atoms with E-state index in [4.69, 9.17) is 0 Å². The molecule has 0 aliphatic carbocycles. The van der Waals surface area contributed by atoms with E-state index >= 15 is 0 Å². The lowest BCUT2D eigenvalue weighted by Crippen LogP contribution is -2.48. The van der Waals surface area contributed by atoms with Gasteiger partial charge in [0.2, 0.25) is 0 Å². The Bertz CT molecular complexity index is 591. The third-order valence-corrected chi connectivity index (χ3v) is 3.36. The van der Waals surface area contributed by atoms with E-state index in [1.165, 1.54) is 0 Å². The highest BCUT2D eigenvalue weighted by atomic mass is 35.5. The molecular weight excluding hydrogens is 264 g/mol. The minimum absolute atomic E-state index is 0. The largest absolute Gasteiger partial charge is 0.352 e. The molecule has 2 aromatic rings. The number of rotatable bonds is 3. The van der Waals surface area contributed by atoms with Crippen molar-refractivity contribution in [2.45, 2.75) is 6.92 Å². The highest BCUT2D eigenvalue weighted by molar-refractivity contribution is 6.05. The van der Waals surface area contributed by atoms with Crippen LogP contribution in [0.5, 0.6) is 0 Å². The van der Waals surface area contributed by atoms with Crippen LogP contribution in [0.1, 0.15) is 15.9 Å². The van der Waals surface area contributed by atoms with Crippen molar-refractivity contribution in [1.82, 2.24) is 20.8 Å². The first-order chi connectivity index (χ1) is 8.74. The Morgan fingerprint density at radius 3 is 2.95 bits per heavy atom. The monoisotopic (exact) mass is 280 g/mol. The fourth-order valence-corrected chi connectivity index (χ4v) is 2.21. The van der Waals surface area contributed by atoms with E-state index in [9.17, 15) is 4.79 Å². The Kier molecular flexibility index (Phi) is 4.07. The molecule has 1 fully saturated rings. The predicted molar refractivity (Wildman–Crippen MR) is 76.8 cm³/mol. The van der Waals surface area contributed by atoms with Crippen LogP contribution in [0.25, 0.3) is 10.9 Å². The van der Waals surface area contributed by atoms with Crippen LogP contribution in [-0.2, 0) is 0 Å². The zero-order valence-electron chi connectivity index (χ0n) is 10.7. The van der Waals surface area contributed by atoms with Crippen molar-refractivity contribution >= 4 is 29.2 Å². The summed E-state index contributed by atoms with van der Waals surface area (Å²) in [5, 5.41) is 14.0. The summed E-state index contributed by atoms with van der Waals surface area (Å²) < 4.78 is 0. The predicted octanol–water partition coefficient (Wildman–Crippen LogP) is 1.24. The molecule has 1 saturated heterocycles. The van der Waals surface area contributed by atoms with Gasteiger partial charge in [0.05, 0.1) is 17.3 Å². The Labute approximate surface area is 117 Å². The Morgan fingerprint density at radius 2 is 2.26 bits per heavy atom. The summed E-state index contributed by atoms with van der Waals surface area (Å²) >= 11 is 0. The van der Waals surface area contributed by atoms with Gasteiger partial charge in [0.25, 0.3) is 5.91 Å². The molecule has 0 atom stereocenters. The van der Waals surface area contributed by atoms with Gasteiger partial charge in [-0.25, -0.2) is 0 Å². The number of hydrogen-bond donors (Lipinski definition) is 3. The molecule has 3 rings (SSSR count). The van der Waals surface area contributed by atoms with Crippen LogP contribution in [0.3, 0.4) is 0 Å². The maximum absolute atomic E-state index is 12.2. The lowest BCUT2D eigenvalue weighted by Gasteiger charge is -2.27. The number of nitrogens with one attached hydrogen (secondary N) is 3. The van der Waals surface area contributed by atoms with Gasteiger partial charge in [-0.3, -0.25) is 9.89 Å². The number of aromatic nitrogens is 2. The molecule has 5 nitrogen and oxygen atoms in total. The average molecular weight is 281 g/mol. The van der Waals surface area contributed by atoms with Crippen LogP contribution in [0.4, 0.5) is 0 Å². The maximum Gasteiger partial charge on any atom is 0.253 e. The van der Waals surface area contributed by atoms with E-state index in [-0.39, 0.29) is 18.3 Å². The molecule has 2 heterocycles. The van der Waals surface area contributed by atoms with Gasteiger partial charge in [0.15, 0.2) is 0 Å². The van der Waals surface area contributed by atoms with E-state index in [0.717, 1.165) is 36.1 Å². The summed E-state index contributed by atoms with van der Waals surface area (Å²) in [5.41, 5.74) is 2.55. The fraction of sp³-hybridized carbons (Fsp3) is 0.385. The van der Waals surface area contributed by atoms with E-state index < -0.39 is 0 Å². The van der Waals surface area contributed by atoms with Crippen molar-refractivity contribution in [2.75, 3.05) is 19.6 Å². The lowest BCUT2D eigenvalue weighted by atomic mass is 10.0. The molecule has 6 heteroatoms. The minimum atomic E-state index is -0.0279. The first kappa shape index (κ1) is 13.8. The standard InChI is InChI=1S/C13H16N4O.ClH/c1-8-2-10-7-16-17-12(10)11(3-8)13(18)15-6-9-4-14-5-9;/h2-3,7,9,14H,4-6H2,1H3,(H,15,18)(H,16,17);1H. The molecule has 0 saturated carbocycles. The zero-order valence-corrected chi connectivity index (χ0v) is 11.5. The summed E-state index contributed by atoms with van der Waals surface area (Å²) in [6, 6.07) is 3.92. The summed E-state index contributed by atoms with van der Waals surface area (Å²) in [6.45, 7) is 4.70. The fourth-order valence-electron chi connectivity index (χ4n) is 2.21. The highest BCUT2D eigenvalue weighted by Crippen LogP contribution is 2.18. The van der Waals surface area contributed by atoms with Crippen LogP contribution >= 0.6 is 12.4 Å². The van der Waals surface area contributed by atoms with Gasteiger partial charge >= 0.3 is 0 Å². The number of aromatic amines is 1. The van der Waals surface area contributed by atoms with Crippen molar-refractivity contribution in [3.63, 3.8) is 0 Å². The molecule has 1 amide bonds. The van der Waals surface area contributed by atoms with Gasteiger partial charge in [-0.2, -0.15) is 5.10 Å². The second-order valence-corrected chi connectivity index (χ2v) is 4.88. The summed E-state index contributed by atoms with van der Waals surface area (Å²) in [4.78, 5) is 12.2. The van der Waals surface area contributed by atoms with Crippen LogP contribution in [0.2, 0.25) is 0 Å². The molecule has 102 valence electrons. The quantitative estimate of drug-likeness (QED) is 0.792. The average Bonchev–Trinajstić information content (AvgIpc) is 2.73. The smallest absolute Gasteiger partial charge is 0.253 e. The molecular formula is C13H17ClN4O. The number of amides is 1. The number of nitrogens with zero attached hydrogens (tertiary/aromatic N) is 1. The van der Waals surface area contributed by atoms with Crippen molar-refractivity contribution in [2.24, 2.45) is 5.92 Å². The van der Waals surface area contributed by atoms with Gasteiger partial charge in [-0.15, -0.1) is 12.4 Å². The number of carbonyl (C=O) groups excluding carboxylic acids is 1. The molecule has 3 N–H and O–H groups in total. The first-order valence-electron chi connectivity index (χ1n) is 6.16. The SMILES string of the molecule is Cc1cc(C(=O)NCC2CNC2)c2[nH]ncc2c1.Cl. The number of fused-ring (bicyclic) bond motifs is 1. The third-order valence-electron chi connectivity index (χ3n) is 3.36. The molecule has 1 aromatic heterocycles.